The Balaban J connectivity index is 1.72. The summed E-state index contributed by atoms with van der Waals surface area (Å²) in [6, 6.07) is 21.5. The molecule has 0 saturated heterocycles. The molecule has 0 aliphatic rings. The Morgan fingerprint density at radius 2 is 1.45 bits per heavy atom. The summed E-state index contributed by atoms with van der Waals surface area (Å²) >= 11 is 0. The van der Waals surface area contributed by atoms with Gasteiger partial charge in [-0.25, -0.2) is 0 Å². The van der Waals surface area contributed by atoms with Crippen LogP contribution in [-0.4, -0.2) is 14.3 Å². The molecule has 0 aliphatic carbocycles. The van der Waals surface area contributed by atoms with Crippen LogP contribution in [0.15, 0.2) is 83.3 Å². The number of nitrogens with zero attached hydrogens (tertiary/aromatic N) is 1. The molecule has 156 valence electrons. The molecule has 6 nitrogen and oxygen atoms in total. The van der Waals surface area contributed by atoms with Crippen molar-refractivity contribution in [3.05, 3.63) is 95.1 Å². The van der Waals surface area contributed by atoms with E-state index in [-0.39, 0.29) is 16.2 Å². The normalized spacial score (nSPS) is 11.5. The van der Waals surface area contributed by atoms with Crippen LogP contribution in [0.3, 0.4) is 0 Å². The van der Waals surface area contributed by atoms with Crippen LogP contribution in [0.1, 0.15) is 16.7 Å². The fourth-order valence-corrected chi connectivity index (χ4v) is 3.58. The van der Waals surface area contributed by atoms with Crippen molar-refractivity contribution in [2.75, 3.05) is 5.32 Å². The third-order valence-electron chi connectivity index (χ3n) is 4.38. The highest BCUT2D eigenvalue weighted by Gasteiger charge is 2.16. The molecule has 0 aromatic heterocycles. The molecular weight excluding hydrogens is 412 g/mol. The third kappa shape index (κ3) is 5.81. The molecule has 3 aromatic carbocycles. The maximum absolute atomic E-state index is 12.4. The van der Waals surface area contributed by atoms with Crippen LogP contribution in [-0.2, 0) is 14.9 Å². The lowest BCUT2D eigenvalue weighted by atomic mass is 10.1. The zero-order valence-corrected chi connectivity index (χ0v) is 17.8. The maximum atomic E-state index is 12.4. The molecule has 0 unspecified atom stereocenters. The van der Waals surface area contributed by atoms with Crippen molar-refractivity contribution >= 4 is 27.8 Å². The zero-order chi connectivity index (χ0) is 22.4. The van der Waals surface area contributed by atoms with Crippen LogP contribution in [0.25, 0.3) is 6.08 Å². The van der Waals surface area contributed by atoms with Gasteiger partial charge in [-0.2, -0.15) is 13.7 Å². The van der Waals surface area contributed by atoms with Crippen molar-refractivity contribution in [2.24, 2.45) is 0 Å². The molecule has 0 radical (unpaired) electrons. The number of nitrogens with one attached hydrogen (secondary N) is 1. The molecule has 1 amide bonds. The number of carbonyl (C=O) groups excluding carboxylic acids is 1. The fraction of sp³-hybridized carbons (Fsp3) is 0.0833. The molecule has 3 aromatic rings. The summed E-state index contributed by atoms with van der Waals surface area (Å²) in [6.07, 6.45) is 1.42. The van der Waals surface area contributed by atoms with Gasteiger partial charge in [-0.1, -0.05) is 47.5 Å². The first-order valence-electron chi connectivity index (χ1n) is 9.38. The number of hydrogen-bond donors (Lipinski definition) is 1. The van der Waals surface area contributed by atoms with E-state index >= 15 is 0 Å². The van der Waals surface area contributed by atoms with E-state index in [1.165, 1.54) is 30.3 Å². The number of aryl methyl sites for hydroxylation is 2. The standard InChI is InChI=1S/C24H20N2O4S/c1-17-3-9-21(10-4-17)26-24(27)20(16-25)15-19-7-11-22(12-8-19)30-31(28,29)23-13-5-18(2)6-14-23/h3-15H,1-2H3,(H,26,27). The molecule has 0 bridgehead atoms. The Labute approximate surface area is 181 Å². The minimum Gasteiger partial charge on any atom is -0.379 e. The van der Waals surface area contributed by atoms with Gasteiger partial charge in [0.05, 0.1) is 0 Å². The number of benzene rings is 3. The monoisotopic (exact) mass is 432 g/mol. The van der Waals surface area contributed by atoms with Crippen molar-refractivity contribution in [3.63, 3.8) is 0 Å². The van der Waals surface area contributed by atoms with Gasteiger partial charge in [0.2, 0.25) is 0 Å². The molecule has 0 saturated carbocycles. The number of carbonyl (C=O) groups is 1. The van der Waals surface area contributed by atoms with E-state index in [1.807, 2.05) is 32.0 Å². The highest BCUT2D eigenvalue weighted by atomic mass is 32.2. The topological polar surface area (TPSA) is 96.3 Å². The predicted octanol–water partition coefficient (Wildman–Crippen LogP) is 4.62. The average Bonchev–Trinajstić information content (AvgIpc) is 2.75. The van der Waals surface area contributed by atoms with Crippen LogP contribution in [0.5, 0.6) is 5.75 Å². The Bertz CT molecular complexity index is 1250. The molecule has 3 rings (SSSR count). The van der Waals surface area contributed by atoms with Gasteiger partial charge < -0.3 is 9.50 Å². The maximum Gasteiger partial charge on any atom is 0.339 e. The van der Waals surface area contributed by atoms with Crippen molar-refractivity contribution in [2.45, 2.75) is 18.7 Å². The second kappa shape index (κ2) is 9.28. The van der Waals surface area contributed by atoms with Crippen LogP contribution in [0.4, 0.5) is 5.69 Å². The first-order valence-corrected chi connectivity index (χ1v) is 10.8. The van der Waals surface area contributed by atoms with Crippen LogP contribution in [0, 0.1) is 25.2 Å². The van der Waals surface area contributed by atoms with E-state index in [4.69, 9.17) is 4.18 Å². The van der Waals surface area contributed by atoms with Crippen LogP contribution >= 0.6 is 0 Å². The predicted molar refractivity (Wildman–Crippen MR) is 119 cm³/mol. The Morgan fingerprint density at radius 3 is 2.00 bits per heavy atom. The molecule has 0 fully saturated rings. The number of rotatable bonds is 6. The van der Waals surface area contributed by atoms with E-state index in [0.29, 0.717) is 11.3 Å². The lowest BCUT2D eigenvalue weighted by molar-refractivity contribution is -0.112. The van der Waals surface area contributed by atoms with Gasteiger partial charge in [0.25, 0.3) is 5.91 Å². The molecule has 0 spiro atoms. The van der Waals surface area contributed by atoms with Crippen molar-refractivity contribution in [3.8, 4) is 11.8 Å². The highest BCUT2D eigenvalue weighted by Crippen LogP contribution is 2.21. The lowest BCUT2D eigenvalue weighted by Gasteiger charge is -2.08. The number of hydrogen-bond acceptors (Lipinski definition) is 5. The molecule has 31 heavy (non-hydrogen) atoms. The summed E-state index contributed by atoms with van der Waals surface area (Å²) in [5.74, 6) is -0.408. The quantitative estimate of drug-likeness (QED) is 0.348. The van der Waals surface area contributed by atoms with E-state index < -0.39 is 16.0 Å². The van der Waals surface area contributed by atoms with Crippen molar-refractivity contribution in [1.82, 2.24) is 0 Å². The summed E-state index contributed by atoms with van der Waals surface area (Å²) in [5.41, 5.74) is 3.05. The SMILES string of the molecule is Cc1ccc(NC(=O)C(C#N)=Cc2ccc(OS(=O)(=O)c3ccc(C)cc3)cc2)cc1. The molecule has 7 heteroatoms. The van der Waals surface area contributed by atoms with Crippen molar-refractivity contribution in [1.29, 1.82) is 5.26 Å². The zero-order valence-electron chi connectivity index (χ0n) is 17.0. The third-order valence-corrected chi connectivity index (χ3v) is 5.64. The minimum absolute atomic E-state index is 0.0571. The van der Waals surface area contributed by atoms with E-state index in [0.717, 1.165) is 11.1 Å². The molecule has 0 atom stereocenters. The minimum atomic E-state index is -3.95. The van der Waals surface area contributed by atoms with Crippen molar-refractivity contribution < 1.29 is 17.4 Å². The van der Waals surface area contributed by atoms with Gasteiger partial charge in [-0.05, 0) is 61.9 Å². The summed E-state index contributed by atoms with van der Waals surface area (Å²) in [5, 5.41) is 12.0. The largest absolute Gasteiger partial charge is 0.379 e. The first kappa shape index (κ1) is 21.8. The molecule has 0 heterocycles. The average molecular weight is 433 g/mol. The number of anilines is 1. The summed E-state index contributed by atoms with van der Waals surface area (Å²) < 4.78 is 29.9. The summed E-state index contributed by atoms with van der Waals surface area (Å²) in [6.45, 7) is 3.80. The number of nitriles is 1. The first-order chi connectivity index (χ1) is 14.8. The number of amides is 1. The Morgan fingerprint density at radius 1 is 0.903 bits per heavy atom. The van der Waals surface area contributed by atoms with E-state index in [1.54, 1.807) is 36.4 Å². The second-order valence-corrected chi connectivity index (χ2v) is 8.46. The molecule has 1 N–H and O–H groups in total. The summed E-state index contributed by atoms with van der Waals surface area (Å²) in [7, 11) is -3.95. The lowest BCUT2D eigenvalue weighted by Crippen LogP contribution is -2.13. The Kier molecular flexibility index (Phi) is 6.53. The van der Waals surface area contributed by atoms with Gasteiger partial charge in [0.15, 0.2) is 0 Å². The highest BCUT2D eigenvalue weighted by molar-refractivity contribution is 7.87. The second-order valence-electron chi connectivity index (χ2n) is 6.91. The van der Waals surface area contributed by atoms with Gasteiger partial charge in [0.1, 0.15) is 22.3 Å². The van der Waals surface area contributed by atoms with Gasteiger partial charge in [0, 0.05) is 5.69 Å². The van der Waals surface area contributed by atoms with E-state index in [9.17, 15) is 18.5 Å². The van der Waals surface area contributed by atoms with Gasteiger partial charge in [-0.3, -0.25) is 4.79 Å². The van der Waals surface area contributed by atoms with E-state index in [2.05, 4.69) is 5.32 Å². The van der Waals surface area contributed by atoms with Crippen LogP contribution < -0.4 is 9.50 Å². The Hall–Kier alpha value is -3.89. The molecular formula is C24H20N2O4S. The summed E-state index contributed by atoms with van der Waals surface area (Å²) in [4.78, 5) is 12.4. The smallest absolute Gasteiger partial charge is 0.339 e. The fourth-order valence-electron chi connectivity index (χ4n) is 2.65. The molecule has 0 aliphatic heterocycles. The van der Waals surface area contributed by atoms with Gasteiger partial charge in [-0.15, -0.1) is 0 Å². The van der Waals surface area contributed by atoms with Gasteiger partial charge >= 0.3 is 10.1 Å². The van der Waals surface area contributed by atoms with Crippen LogP contribution in [0.2, 0.25) is 0 Å².